The van der Waals surface area contributed by atoms with Gasteiger partial charge in [0, 0.05) is 35.4 Å². The van der Waals surface area contributed by atoms with E-state index < -0.39 is 10.8 Å². The summed E-state index contributed by atoms with van der Waals surface area (Å²) in [6.07, 6.45) is 2.94. The summed E-state index contributed by atoms with van der Waals surface area (Å²) in [4.78, 5) is 19.7. The van der Waals surface area contributed by atoms with Crippen molar-refractivity contribution >= 4 is 22.5 Å². The van der Waals surface area contributed by atoms with Crippen molar-refractivity contribution in [2.24, 2.45) is 0 Å². The van der Waals surface area contributed by atoms with E-state index in [0.29, 0.717) is 23.9 Å². The third-order valence-electron chi connectivity index (χ3n) is 2.18. The van der Waals surface area contributed by atoms with Crippen LogP contribution in [0.2, 0.25) is 0 Å². The van der Waals surface area contributed by atoms with Gasteiger partial charge in [-0.15, -0.1) is 0 Å². The molecule has 1 aromatic heterocycles. The van der Waals surface area contributed by atoms with Gasteiger partial charge in [0.2, 0.25) is 0 Å². The average molecular weight is 270 g/mol. The van der Waals surface area contributed by atoms with Gasteiger partial charge in [-0.25, -0.2) is 9.97 Å². The number of hydrogen-bond acceptors (Lipinski definition) is 5. The molecule has 0 radical (unpaired) electrons. The fourth-order valence-electron chi connectivity index (χ4n) is 1.23. The van der Waals surface area contributed by atoms with E-state index in [-0.39, 0.29) is 11.6 Å². The fraction of sp³-hybridized carbons (Fsp3) is 0.545. The molecule has 0 saturated heterocycles. The highest BCUT2D eigenvalue weighted by Crippen LogP contribution is 2.00. The number of nitrogens with one attached hydrogen (secondary N) is 2. The highest BCUT2D eigenvalue weighted by Gasteiger charge is 2.07. The number of hydrogen-bond donors (Lipinski definition) is 2. The first-order valence-corrected chi connectivity index (χ1v) is 7.35. The van der Waals surface area contributed by atoms with Gasteiger partial charge in [0.1, 0.15) is 11.5 Å². The van der Waals surface area contributed by atoms with Gasteiger partial charge in [-0.2, -0.15) is 0 Å². The number of carbonyl (C=O) groups excluding carboxylic acids is 1. The van der Waals surface area contributed by atoms with Crippen molar-refractivity contribution in [1.82, 2.24) is 15.3 Å². The monoisotopic (exact) mass is 270 g/mol. The predicted molar refractivity (Wildman–Crippen MR) is 72.1 cm³/mol. The normalized spacial score (nSPS) is 11.9. The minimum absolute atomic E-state index is 0.263. The van der Waals surface area contributed by atoms with Gasteiger partial charge in [-0.05, 0) is 6.92 Å². The van der Waals surface area contributed by atoms with Crippen LogP contribution in [0.1, 0.15) is 24.3 Å². The first-order valence-electron chi connectivity index (χ1n) is 5.86. The molecule has 0 aliphatic heterocycles. The molecule has 1 unspecified atom stereocenters. The van der Waals surface area contributed by atoms with Crippen molar-refractivity contribution in [3.8, 4) is 0 Å². The number of aromatic nitrogens is 2. The zero-order valence-corrected chi connectivity index (χ0v) is 11.4. The Bertz CT molecular complexity index is 408. The highest BCUT2D eigenvalue weighted by molar-refractivity contribution is 7.84. The van der Waals surface area contributed by atoms with Crippen LogP contribution in [0.15, 0.2) is 12.4 Å². The van der Waals surface area contributed by atoms with Crippen molar-refractivity contribution in [2.45, 2.75) is 13.8 Å². The average Bonchev–Trinajstić information content (AvgIpc) is 2.39. The van der Waals surface area contributed by atoms with Gasteiger partial charge < -0.3 is 10.6 Å². The first-order chi connectivity index (χ1) is 8.67. The number of carbonyl (C=O) groups is 1. The number of anilines is 1. The van der Waals surface area contributed by atoms with Crippen LogP contribution in [0, 0.1) is 0 Å². The lowest BCUT2D eigenvalue weighted by atomic mass is 10.4. The SMILES string of the molecule is CCNc1cnc(C(=O)NCCS(=O)CC)cn1. The van der Waals surface area contributed by atoms with Gasteiger partial charge >= 0.3 is 0 Å². The molecule has 1 aromatic rings. The number of nitrogens with zero attached hydrogens (tertiary/aromatic N) is 2. The van der Waals surface area contributed by atoms with Crippen LogP contribution in [0.4, 0.5) is 5.82 Å². The van der Waals surface area contributed by atoms with E-state index >= 15 is 0 Å². The molecule has 0 aliphatic carbocycles. The van der Waals surface area contributed by atoms with E-state index in [4.69, 9.17) is 0 Å². The molecule has 0 aromatic carbocycles. The molecule has 0 aliphatic rings. The molecule has 0 spiro atoms. The molecule has 1 heterocycles. The first kappa shape index (κ1) is 14.6. The Morgan fingerprint density at radius 1 is 1.33 bits per heavy atom. The second-order valence-corrected chi connectivity index (χ2v) is 5.37. The van der Waals surface area contributed by atoms with Crippen LogP contribution in [-0.4, -0.2) is 44.7 Å². The summed E-state index contributed by atoms with van der Waals surface area (Å²) < 4.78 is 11.2. The summed E-state index contributed by atoms with van der Waals surface area (Å²) in [5.74, 6) is 1.41. The van der Waals surface area contributed by atoms with Gasteiger partial charge in [-0.3, -0.25) is 9.00 Å². The third kappa shape index (κ3) is 4.79. The Morgan fingerprint density at radius 3 is 2.67 bits per heavy atom. The van der Waals surface area contributed by atoms with E-state index in [2.05, 4.69) is 20.6 Å². The van der Waals surface area contributed by atoms with Crippen LogP contribution in [0.25, 0.3) is 0 Å². The molecule has 2 N–H and O–H groups in total. The van der Waals surface area contributed by atoms with Crippen molar-refractivity contribution < 1.29 is 9.00 Å². The molecule has 0 bridgehead atoms. The smallest absolute Gasteiger partial charge is 0.271 e. The van der Waals surface area contributed by atoms with Gasteiger partial charge in [-0.1, -0.05) is 6.92 Å². The second-order valence-electron chi connectivity index (χ2n) is 3.51. The Hall–Kier alpha value is -1.50. The van der Waals surface area contributed by atoms with Gasteiger partial charge in [0.15, 0.2) is 0 Å². The number of amides is 1. The minimum Gasteiger partial charge on any atom is -0.369 e. The molecule has 1 rings (SSSR count). The Labute approximate surface area is 109 Å². The van der Waals surface area contributed by atoms with E-state index in [1.807, 2.05) is 13.8 Å². The summed E-state index contributed by atoms with van der Waals surface area (Å²) in [6, 6.07) is 0. The molecule has 0 saturated carbocycles. The van der Waals surface area contributed by atoms with Crippen molar-refractivity contribution in [1.29, 1.82) is 0 Å². The van der Waals surface area contributed by atoms with Crippen molar-refractivity contribution in [2.75, 3.05) is 29.9 Å². The Balaban J connectivity index is 2.44. The van der Waals surface area contributed by atoms with Crippen LogP contribution in [0.5, 0.6) is 0 Å². The molecular formula is C11H18N4O2S. The standard InChI is InChI=1S/C11H18N4O2S/c1-3-12-10-8-14-9(7-15-10)11(16)13-5-6-18(17)4-2/h7-8H,3-6H2,1-2H3,(H,12,15)(H,13,16). The van der Waals surface area contributed by atoms with E-state index in [0.717, 1.165) is 6.54 Å². The lowest BCUT2D eigenvalue weighted by Gasteiger charge is -2.05. The van der Waals surface area contributed by atoms with Crippen molar-refractivity contribution in [3.05, 3.63) is 18.1 Å². The van der Waals surface area contributed by atoms with Crippen LogP contribution < -0.4 is 10.6 Å². The topological polar surface area (TPSA) is 84.0 Å². The molecule has 6 nitrogen and oxygen atoms in total. The summed E-state index contributed by atoms with van der Waals surface area (Å²) in [5.41, 5.74) is 0.263. The van der Waals surface area contributed by atoms with Gasteiger partial charge in [0.05, 0.1) is 12.4 Å². The second kappa shape index (κ2) is 7.75. The molecule has 0 fully saturated rings. The van der Waals surface area contributed by atoms with Gasteiger partial charge in [0.25, 0.3) is 5.91 Å². The molecule has 18 heavy (non-hydrogen) atoms. The van der Waals surface area contributed by atoms with Crippen LogP contribution in [-0.2, 0) is 10.8 Å². The maximum absolute atomic E-state index is 11.7. The highest BCUT2D eigenvalue weighted by atomic mass is 32.2. The van der Waals surface area contributed by atoms with Crippen LogP contribution >= 0.6 is 0 Å². The minimum atomic E-state index is -0.867. The molecular weight excluding hydrogens is 252 g/mol. The predicted octanol–water partition coefficient (Wildman–Crippen LogP) is 0.407. The molecule has 1 amide bonds. The lowest BCUT2D eigenvalue weighted by molar-refractivity contribution is 0.0951. The molecule has 1 atom stereocenters. The largest absolute Gasteiger partial charge is 0.369 e. The summed E-state index contributed by atoms with van der Waals surface area (Å²) in [7, 11) is -0.867. The zero-order valence-electron chi connectivity index (χ0n) is 10.6. The maximum atomic E-state index is 11.7. The quantitative estimate of drug-likeness (QED) is 0.749. The fourth-order valence-corrected chi connectivity index (χ4v) is 1.85. The molecule has 100 valence electrons. The Morgan fingerprint density at radius 2 is 2.11 bits per heavy atom. The third-order valence-corrected chi connectivity index (χ3v) is 3.48. The Kier molecular flexibility index (Phi) is 6.27. The lowest BCUT2D eigenvalue weighted by Crippen LogP contribution is -2.28. The zero-order chi connectivity index (χ0) is 13.4. The van der Waals surface area contributed by atoms with E-state index in [1.54, 1.807) is 0 Å². The summed E-state index contributed by atoms with van der Waals surface area (Å²) >= 11 is 0. The van der Waals surface area contributed by atoms with E-state index in [1.165, 1.54) is 12.4 Å². The maximum Gasteiger partial charge on any atom is 0.271 e. The summed E-state index contributed by atoms with van der Waals surface area (Å²) in [6.45, 7) is 4.94. The van der Waals surface area contributed by atoms with E-state index in [9.17, 15) is 9.00 Å². The number of rotatable bonds is 7. The van der Waals surface area contributed by atoms with Crippen LogP contribution in [0.3, 0.4) is 0 Å². The summed E-state index contributed by atoms with van der Waals surface area (Å²) in [5, 5.41) is 5.65. The molecule has 7 heteroatoms. The van der Waals surface area contributed by atoms with Crippen molar-refractivity contribution in [3.63, 3.8) is 0 Å².